The van der Waals surface area contributed by atoms with Crippen LogP contribution in [0.25, 0.3) is 0 Å². The third kappa shape index (κ3) is 2.95. The molecule has 130 valence electrons. The summed E-state index contributed by atoms with van der Waals surface area (Å²) in [4.78, 5) is 0. The molecule has 0 unspecified atom stereocenters. The maximum Gasteiger partial charge on any atom is 0.218 e. The van der Waals surface area contributed by atoms with Crippen molar-refractivity contribution in [2.75, 3.05) is 7.05 Å². The molecule has 24 heavy (non-hydrogen) atoms. The number of aryl methyl sites for hydroxylation is 1. The fourth-order valence-electron chi connectivity index (χ4n) is 3.21. The van der Waals surface area contributed by atoms with Crippen molar-refractivity contribution < 1.29 is 17.2 Å². The van der Waals surface area contributed by atoms with Crippen molar-refractivity contribution in [3.8, 4) is 0 Å². The van der Waals surface area contributed by atoms with Crippen LogP contribution in [0.2, 0.25) is 0 Å². The lowest BCUT2D eigenvalue weighted by atomic mass is 9.93. The van der Waals surface area contributed by atoms with Crippen LogP contribution in [0.15, 0.2) is 24.4 Å². The van der Waals surface area contributed by atoms with Crippen molar-refractivity contribution in [2.24, 2.45) is 7.05 Å². The first-order chi connectivity index (χ1) is 11.3. The van der Waals surface area contributed by atoms with E-state index in [9.17, 15) is 17.2 Å². The van der Waals surface area contributed by atoms with E-state index < -0.39 is 33.0 Å². The minimum absolute atomic E-state index is 0.359. The molecule has 3 rings (SSSR count). The molecule has 0 bridgehead atoms. The van der Waals surface area contributed by atoms with E-state index in [1.54, 1.807) is 10.9 Å². The number of halogens is 2. The number of hydrogen-bond acceptors (Lipinski definition) is 3. The molecule has 1 aromatic heterocycles. The van der Waals surface area contributed by atoms with E-state index in [2.05, 4.69) is 5.10 Å². The molecule has 0 fully saturated rings. The van der Waals surface area contributed by atoms with Crippen molar-refractivity contribution in [3.05, 3.63) is 52.9 Å². The maximum atomic E-state index is 13.8. The summed E-state index contributed by atoms with van der Waals surface area (Å²) in [6.45, 7) is 0. The van der Waals surface area contributed by atoms with Gasteiger partial charge in [-0.05, 0) is 31.4 Å². The van der Waals surface area contributed by atoms with Gasteiger partial charge in [0.2, 0.25) is 10.0 Å². The molecule has 2 aromatic rings. The lowest BCUT2D eigenvalue weighted by molar-refractivity contribution is 0.334. The predicted octanol–water partition coefficient (Wildman–Crippen LogP) is 2.54. The molecule has 8 heteroatoms. The summed E-state index contributed by atoms with van der Waals surface area (Å²) in [5.41, 5.74) is 1.45. The standard InChI is InChI=1S/C16H19F2N3O2S/c1-20-15-7-4-8-16(11(15)9-19-20)21(2)24(22,23)10-12-13(17)5-3-6-14(12)18/h3,5-6,9,16H,4,7-8,10H2,1-2H3/t16-/m1/s1. The Hall–Kier alpha value is -1.80. The minimum atomic E-state index is -3.88. The Morgan fingerprint density at radius 1 is 1.33 bits per heavy atom. The normalized spacial score (nSPS) is 18.0. The summed E-state index contributed by atoms with van der Waals surface area (Å²) in [7, 11) is -0.592. The zero-order valence-corrected chi connectivity index (χ0v) is 14.4. The second-order valence-electron chi connectivity index (χ2n) is 6.05. The quantitative estimate of drug-likeness (QED) is 0.847. The molecule has 1 aliphatic rings. The second-order valence-corrected chi connectivity index (χ2v) is 8.08. The van der Waals surface area contributed by atoms with Gasteiger partial charge < -0.3 is 0 Å². The topological polar surface area (TPSA) is 55.2 Å². The van der Waals surface area contributed by atoms with E-state index in [1.807, 2.05) is 7.05 Å². The zero-order valence-electron chi connectivity index (χ0n) is 13.5. The van der Waals surface area contributed by atoms with Crippen LogP contribution in [-0.2, 0) is 29.2 Å². The number of aromatic nitrogens is 2. The predicted molar refractivity (Wildman–Crippen MR) is 85.6 cm³/mol. The third-order valence-electron chi connectivity index (χ3n) is 4.61. The number of fused-ring (bicyclic) bond motifs is 1. The number of hydrogen-bond donors (Lipinski definition) is 0. The highest BCUT2D eigenvalue weighted by molar-refractivity contribution is 7.88. The van der Waals surface area contributed by atoms with Crippen LogP contribution in [0.4, 0.5) is 8.78 Å². The second kappa shape index (κ2) is 6.25. The average Bonchev–Trinajstić information content (AvgIpc) is 2.92. The summed E-state index contributed by atoms with van der Waals surface area (Å²) in [5.74, 6) is -2.40. The van der Waals surface area contributed by atoms with Crippen LogP contribution in [-0.4, -0.2) is 29.6 Å². The van der Waals surface area contributed by atoms with Gasteiger partial charge in [-0.2, -0.15) is 9.40 Å². The molecule has 0 amide bonds. The van der Waals surface area contributed by atoms with Gasteiger partial charge in [-0.3, -0.25) is 4.68 Å². The molecule has 1 atom stereocenters. The van der Waals surface area contributed by atoms with Crippen molar-refractivity contribution in [1.29, 1.82) is 0 Å². The number of benzene rings is 1. The van der Waals surface area contributed by atoms with E-state index in [0.717, 1.165) is 36.2 Å². The highest BCUT2D eigenvalue weighted by Gasteiger charge is 2.33. The average molecular weight is 355 g/mol. The van der Waals surface area contributed by atoms with Crippen LogP contribution >= 0.6 is 0 Å². The molecule has 1 aromatic carbocycles. The Balaban J connectivity index is 1.91. The summed E-state index contributed by atoms with van der Waals surface area (Å²) in [6.07, 6.45) is 4.02. The Kier molecular flexibility index (Phi) is 4.44. The van der Waals surface area contributed by atoms with Gasteiger partial charge in [-0.1, -0.05) is 6.07 Å². The molecule has 0 saturated carbocycles. The Morgan fingerprint density at radius 2 is 2.00 bits per heavy atom. The van der Waals surface area contributed by atoms with Gasteiger partial charge in [0.25, 0.3) is 0 Å². The van der Waals surface area contributed by atoms with Crippen LogP contribution in [0.1, 0.15) is 35.7 Å². The van der Waals surface area contributed by atoms with E-state index >= 15 is 0 Å². The molecule has 0 aliphatic heterocycles. The first-order valence-electron chi connectivity index (χ1n) is 7.70. The summed E-state index contributed by atoms with van der Waals surface area (Å²) >= 11 is 0. The third-order valence-corrected chi connectivity index (χ3v) is 6.40. The lowest BCUT2D eigenvalue weighted by Gasteiger charge is -2.30. The van der Waals surface area contributed by atoms with Gasteiger partial charge in [-0.25, -0.2) is 17.2 Å². The molecule has 0 N–H and O–H groups in total. The number of sulfonamides is 1. The molecule has 1 aliphatic carbocycles. The molecule has 1 heterocycles. The summed E-state index contributed by atoms with van der Waals surface area (Å²) in [5, 5.41) is 4.20. The largest absolute Gasteiger partial charge is 0.272 e. The van der Waals surface area contributed by atoms with Crippen LogP contribution in [0.5, 0.6) is 0 Å². The molecule has 0 radical (unpaired) electrons. The smallest absolute Gasteiger partial charge is 0.218 e. The van der Waals surface area contributed by atoms with Crippen LogP contribution in [0, 0.1) is 11.6 Å². The van der Waals surface area contributed by atoms with Crippen molar-refractivity contribution in [3.63, 3.8) is 0 Å². The van der Waals surface area contributed by atoms with Gasteiger partial charge in [0, 0.05) is 30.9 Å². The van der Waals surface area contributed by atoms with Crippen LogP contribution < -0.4 is 0 Å². The van der Waals surface area contributed by atoms with Gasteiger partial charge in [0.05, 0.1) is 18.0 Å². The van der Waals surface area contributed by atoms with Crippen molar-refractivity contribution in [1.82, 2.24) is 14.1 Å². The number of rotatable bonds is 4. The molecular weight excluding hydrogens is 336 g/mol. The SMILES string of the molecule is CN([C@@H]1CCCc2c1cnn2C)S(=O)(=O)Cc1c(F)cccc1F. The highest BCUT2D eigenvalue weighted by Crippen LogP contribution is 2.35. The first-order valence-corrected chi connectivity index (χ1v) is 9.31. The molecule has 0 spiro atoms. The van der Waals surface area contributed by atoms with Gasteiger partial charge in [-0.15, -0.1) is 0 Å². The Morgan fingerprint density at radius 3 is 2.67 bits per heavy atom. The molecule has 0 saturated heterocycles. The lowest BCUT2D eigenvalue weighted by Crippen LogP contribution is -2.34. The fourth-order valence-corrected chi connectivity index (χ4v) is 4.66. The molecular formula is C16H19F2N3O2S. The fraction of sp³-hybridized carbons (Fsp3) is 0.438. The molecule has 5 nitrogen and oxygen atoms in total. The minimum Gasteiger partial charge on any atom is -0.272 e. The zero-order chi connectivity index (χ0) is 17.5. The Labute approximate surface area is 139 Å². The van der Waals surface area contributed by atoms with E-state index in [-0.39, 0.29) is 6.04 Å². The van der Waals surface area contributed by atoms with Gasteiger partial charge in [0.1, 0.15) is 11.6 Å². The first kappa shape index (κ1) is 17.0. The highest BCUT2D eigenvalue weighted by atomic mass is 32.2. The van der Waals surface area contributed by atoms with Crippen molar-refractivity contribution >= 4 is 10.0 Å². The van der Waals surface area contributed by atoms with E-state index in [0.29, 0.717) is 6.42 Å². The Bertz CT molecular complexity index is 844. The van der Waals surface area contributed by atoms with E-state index in [1.165, 1.54) is 17.4 Å². The van der Waals surface area contributed by atoms with Crippen molar-refractivity contribution in [2.45, 2.75) is 31.1 Å². The van der Waals surface area contributed by atoms with Gasteiger partial charge >= 0.3 is 0 Å². The van der Waals surface area contributed by atoms with Crippen LogP contribution in [0.3, 0.4) is 0 Å². The summed E-state index contributed by atoms with van der Waals surface area (Å²) in [6, 6.07) is 2.98. The summed E-state index contributed by atoms with van der Waals surface area (Å²) < 4.78 is 55.9. The van der Waals surface area contributed by atoms with E-state index in [4.69, 9.17) is 0 Å². The van der Waals surface area contributed by atoms with Gasteiger partial charge in [0.15, 0.2) is 0 Å². The monoisotopic (exact) mass is 355 g/mol. The number of nitrogens with zero attached hydrogens (tertiary/aromatic N) is 3. The maximum absolute atomic E-state index is 13.8.